The number of esters is 3. The number of unbranched alkanes of at least 4 members (excludes halogenated alkanes) is 30. The van der Waals surface area contributed by atoms with E-state index in [9.17, 15) is 14.4 Å². The van der Waals surface area contributed by atoms with Crippen LogP contribution in [0.2, 0.25) is 0 Å². The quantitative estimate of drug-likeness (QED) is 0.0261. The largest absolute Gasteiger partial charge is 0.462 e. The lowest BCUT2D eigenvalue weighted by molar-refractivity contribution is -0.167. The van der Waals surface area contributed by atoms with Crippen molar-refractivity contribution in [3.63, 3.8) is 0 Å². The van der Waals surface area contributed by atoms with Crippen molar-refractivity contribution in [3.8, 4) is 0 Å². The Bertz CT molecular complexity index is 1570. The van der Waals surface area contributed by atoms with Crippen LogP contribution in [0.3, 0.4) is 0 Å². The van der Waals surface area contributed by atoms with Crippen LogP contribution >= 0.6 is 0 Å². The fraction of sp³-hybridized carbons (Fsp3) is 0.708. The molecule has 0 N–H and O–H groups in total. The molecule has 0 aliphatic carbocycles. The van der Waals surface area contributed by atoms with Crippen molar-refractivity contribution in [2.45, 2.75) is 316 Å². The molecule has 0 radical (unpaired) electrons. The Morgan fingerprint density at radius 3 is 0.821 bits per heavy atom. The van der Waals surface area contributed by atoms with Crippen LogP contribution in [0.15, 0.2) is 109 Å². The highest BCUT2D eigenvalue weighted by Crippen LogP contribution is 2.16. The van der Waals surface area contributed by atoms with E-state index in [2.05, 4.69) is 130 Å². The van der Waals surface area contributed by atoms with E-state index in [0.717, 1.165) is 122 Å². The molecule has 0 aliphatic heterocycles. The van der Waals surface area contributed by atoms with Crippen molar-refractivity contribution in [3.05, 3.63) is 109 Å². The Morgan fingerprint density at radius 2 is 0.500 bits per heavy atom. The van der Waals surface area contributed by atoms with Gasteiger partial charge in [0.2, 0.25) is 0 Å². The summed E-state index contributed by atoms with van der Waals surface area (Å²) >= 11 is 0. The SMILES string of the molecule is CC/C=C\C/C=C\C/C=C\C/C=C\C/C=C\C/C=C\C/C=C\CCCCCCCCCCCCCCCC(=O)OCC(COC(=O)CCCCCCC/C=C\CCCCC)OC(=O)CCCCCCC/C=C\CCCCCC. The van der Waals surface area contributed by atoms with Crippen molar-refractivity contribution < 1.29 is 28.6 Å². The summed E-state index contributed by atoms with van der Waals surface area (Å²) in [6.07, 6.45) is 89.7. The first-order chi connectivity index (χ1) is 38.5. The van der Waals surface area contributed by atoms with Crippen LogP contribution in [-0.2, 0) is 28.6 Å². The van der Waals surface area contributed by atoms with Crippen molar-refractivity contribution in [1.29, 1.82) is 0 Å². The minimum absolute atomic E-state index is 0.0827. The van der Waals surface area contributed by atoms with Crippen molar-refractivity contribution in [2.75, 3.05) is 13.2 Å². The molecular weight excluding hydrogens is 961 g/mol. The first kappa shape index (κ1) is 74.1. The highest BCUT2D eigenvalue weighted by Gasteiger charge is 2.19. The maximum absolute atomic E-state index is 12.8. The monoisotopic (exact) mass is 1080 g/mol. The van der Waals surface area contributed by atoms with E-state index in [4.69, 9.17) is 14.2 Å². The fourth-order valence-electron chi connectivity index (χ4n) is 9.06. The molecule has 0 aromatic heterocycles. The average Bonchev–Trinajstić information content (AvgIpc) is 3.44. The standard InChI is InChI=1S/C72H122O6/c1-4-7-10-13-16-19-22-25-26-27-28-29-30-31-32-33-34-35-36-37-38-39-40-41-42-43-44-45-46-48-50-53-56-59-62-65-71(74)77-68-69(67-76-70(73)64-61-58-55-52-49-24-21-18-15-12-9-6-3)78-72(75)66-63-60-57-54-51-47-23-20-17-14-11-8-5-2/h7,10,16,18-21,23,25-26,28-29,31-32,34-35,37-38,69H,4-6,8-9,11-15,17,22,24,27,30,33,36,39-68H2,1-3H3/b10-7-,19-16-,21-18-,23-20-,26-25-,29-28-,32-31-,35-34-,38-37-. The van der Waals surface area contributed by atoms with Crippen LogP contribution < -0.4 is 0 Å². The van der Waals surface area contributed by atoms with Gasteiger partial charge in [-0.3, -0.25) is 14.4 Å². The molecule has 0 saturated heterocycles. The Kier molecular flexibility index (Phi) is 62.3. The van der Waals surface area contributed by atoms with E-state index < -0.39 is 6.10 Å². The van der Waals surface area contributed by atoms with Gasteiger partial charge in [-0.2, -0.15) is 0 Å². The predicted molar refractivity (Wildman–Crippen MR) is 339 cm³/mol. The number of carbonyl (C=O) groups excluding carboxylic acids is 3. The highest BCUT2D eigenvalue weighted by molar-refractivity contribution is 5.71. The molecule has 1 atom stereocenters. The van der Waals surface area contributed by atoms with Crippen molar-refractivity contribution in [2.24, 2.45) is 0 Å². The minimum Gasteiger partial charge on any atom is -0.462 e. The molecule has 0 heterocycles. The maximum Gasteiger partial charge on any atom is 0.306 e. The first-order valence-corrected chi connectivity index (χ1v) is 32.9. The first-order valence-electron chi connectivity index (χ1n) is 32.9. The van der Waals surface area contributed by atoms with Crippen LogP contribution in [0.25, 0.3) is 0 Å². The number of ether oxygens (including phenoxy) is 3. The van der Waals surface area contributed by atoms with E-state index in [1.165, 1.54) is 148 Å². The summed E-state index contributed by atoms with van der Waals surface area (Å²) in [6, 6.07) is 0. The third-order valence-corrected chi connectivity index (χ3v) is 14.0. The molecule has 0 spiro atoms. The normalized spacial score (nSPS) is 12.8. The second kappa shape index (κ2) is 65.6. The van der Waals surface area contributed by atoms with Crippen LogP contribution in [0, 0.1) is 0 Å². The topological polar surface area (TPSA) is 78.9 Å². The molecule has 6 nitrogen and oxygen atoms in total. The van der Waals surface area contributed by atoms with Gasteiger partial charge in [0.25, 0.3) is 0 Å². The number of allylic oxidation sites excluding steroid dienone is 18. The second-order valence-electron chi connectivity index (χ2n) is 21.6. The van der Waals surface area contributed by atoms with Crippen LogP contribution in [0.5, 0.6) is 0 Å². The number of carbonyl (C=O) groups is 3. The summed E-state index contributed by atoms with van der Waals surface area (Å²) in [4.78, 5) is 38.2. The molecule has 0 saturated carbocycles. The van der Waals surface area contributed by atoms with Gasteiger partial charge >= 0.3 is 17.9 Å². The molecule has 0 aromatic rings. The zero-order chi connectivity index (χ0) is 56.4. The molecule has 78 heavy (non-hydrogen) atoms. The smallest absolute Gasteiger partial charge is 0.306 e. The number of hydrogen-bond acceptors (Lipinski definition) is 6. The molecule has 0 aliphatic rings. The zero-order valence-electron chi connectivity index (χ0n) is 51.2. The molecule has 1 unspecified atom stereocenters. The van der Waals surface area contributed by atoms with E-state index in [-0.39, 0.29) is 31.1 Å². The lowest BCUT2D eigenvalue weighted by Crippen LogP contribution is -2.30. The lowest BCUT2D eigenvalue weighted by Gasteiger charge is -2.18. The molecule has 0 aromatic carbocycles. The summed E-state index contributed by atoms with van der Waals surface area (Å²) in [5.74, 6) is -0.895. The lowest BCUT2D eigenvalue weighted by atomic mass is 10.0. The molecule has 446 valence electrons. The van der Waals surface area contributed by atoms with Gasteiger partial charge in [0.05, 0.1) is 0 Å². The van der Waals surface area contributed by atoms with Crippen molar-refractivity contribution >= 4 is 17.9 Å². The summed E-state index contributed by atoms with van der Waals surface area (Å²) in [7, 11) is 0. The summed E-state index contributed by atoms with van der Waals surface area (Å²) in [6.45, 7) is 6.49. The van der Waals surface area contributed by atoms with Gasteiger partial charge in [-0.05, 0) is 128 Å². The summed E-state index contributed by atoms with van der Waals surface area (Å²) < 4.78 is 16.9. The highest BCUT2D eigenvalue weighted by atomic mass is 16.6. The van der Waals surface area contributed by atoms with Gasteiger partial charge in [-0.25, -0.2) is 0 Å². The molecule has 0 bridgehead atoms. The molecule has 0 rings (SSSR count). The van der Waals surface area contributed by atoms with Crippen LogP contribution in [0.4, 0.5) is 0 Å². The zero-order valence-corrected chi connectivity index (χ0v) is 51.2. The van der Waals surface area contributed by atoms with Gasteiger partial charge in [0.1, 0.15) is 13.2 Å². The van der Waals surface area contributed by atoms with Gasteiger partial charge in [0.15, 0.2) is 6.10 Å². The summed E-state index contributed by atoms with van der Waals surface area (Å²) in [5.41, 5.74) is 0. The Balaban J connectivity index is 4.13. The van der Waals surface area contributed by atoms with Crippen molar-refractivity contribution in [1.82, 2.24) is 0 Å². The Labute approximate surface area is 482 Å². The van der Waals surface area contributed by atoms with Gasteiger partial charge in [-0.1, -0.05) is 271 Å². The van der Waals surface area contributed by atoms with Crippen LogP contribution in [-0.4, -0.2) is 37.2 Å². The summed E-state index contributed by atoms with van der Waals surface area (Å²) in [5, 5.41) is 0. The molecule has 0 amide bonds. The van der Waals surface area contributed by atoms with Gasteiger partial charge in [0, 0.05) is 19.3 Å². The Morgan fingerprint density at radius 1 is 0.269 bits per heavy atom. The third kappa shape index (κ3) is 62.9. The predicted octanol–water partition coefficient (Wildman–Crippen LogP) is 22.6. The second-order valence-corrected chi connectivity index (χ2v) is 21.6. The Hall–Kier alpha value is -3.93. The van der Waals surface area contributed by atoms with E-state index in [1.54, 1.807) is 0 Å². The van der Waals surface area contributed by atoms with Gasteiger partial charge in [-0.15, -0.1) is 0 Å². The third-order valence-electron chi connectivity index (χ3n) is 14.0. The van der Waals surface area contributed by atoms with Crippen LogP contribution in [0.1, 0.15) is 310 Å². The van der Waals surface area contributed by atoms with Gasteiger partial charge < -0.3 is 14.2 Å². The minimum atomic E-state index is -0.785. The number of hydrogen-bond donors (Lipinski definition) is 0. The average molecular weight is 1080 g/mol. The van der Waals surface area contributed by atoms with E-state index in [1.807, 2.05) is 0 Å². The number of rotatable bonds is 59. The van der Waals surface area contributed by atoms with E-state index in [0.29, 0.717) is 19.3 Å². The molecular formula is C72H122O6. The fourth-order valence-corrected chi connectivity index (χ4v) is 9.06. The molecule has 6 heteroatoms. The molecule has 0 fully saturated rings. The van der Waals surface area contributed by atoms with E-state index >= 15 is 0 Å². The maximum atomic E-state index is 12.8.